The van der Waals surface area contributed by atoms with E-state index in [-0.39, 0.29) is 38.5 Å². The summed E-state index contributed by atoms with van der Waals surface area (Å²) in [6.45, 7) is 0.254. The molecule has 0 radical (unpaired) electrons. The maximum absolute atomic E-state index is 14.6. The topological polar surface area (TPSA) is 50.8 Å². The first-order valence-corrected chi connectivity index (χ1v) is 14.4. The maximum atomic E-state index is 14.6. The van der Waals surface area contributed by atoms with Crippen LogP contribution >= 0.6 is 22.9 Å². The molecule has 1 aromatic heterocycles. The van der Waals surface area contributed by atoms with Gasteiger partial charge in [-0.3, -0.25) is 4.79 Å². The Hall–Kier alpha value is -3.20. The van der Waals surface area contributed by atoms with E-state index in [0.717, 1.165) is 71.6 Å². The molecule has 0 atom stereocenters. The summed E-state index contributed by atoms with van der Waals surface area (Å²) in [7, 11) is 5.17. The number of halogens is 3. The third-order valence-corrected chi connectivity index (χ3v) is 9.38. The number of nitrogens with zero attached hydrogens (tertiary/aromatic N) is 1. The lowest BCUT2D eigenvalue weighted by molar-refractivity contribution is 0.0604. The number of nitrogens with one attached hydrogen (secondary N) is 1. The number of methoxy groups -OCH3 is 2. The number of amides is 1. The predicted molar refractivity (Wildman–Crippen MR) is 157 cm³/mol. The van der Waals surface area contributed by atoms with Gasteiger partial charge in [0.15, 0.2) is 0 Å². The van der Waals surface area contributed by atoms with Gasteiger partial charge in [-0.2, -0.15) is 0 Å². The Morgan fingerprint density at radius 2 is 1.73 bits per heavy atom. The van der Waals surface area contributed by atoms with Crippen molar-refractivity contribution in [1.82, 2.24) is 10.2 Å². The van der Waals surface area contributed by atoms with E-state index in [9.17, 15) is 13.6 Å². The Morgan fingerprint density at radius 1 is 1.00 bits per heavy atom. The van der Waals surface area contributed by atoms with Crippen molar-refractivity contribution >= 4 is 38.9 Å². The van der Waals surface area contributed by atoms with E-state index in [1.165, 1.54) is 0 Å². The number of carbonyl (C=O) groups is 1. The van der Waals surface area contributed by atoms with Crippen molar-refractivity contribution in [3.8, 4) is 22.6 Å². The van der Waals surface area contributed by atoms with Gasteiger partial charge in [0.25, 0.3) is 5.91 Å². The number of fused-ring (bicyclic) bond motifs is 1. The molecular formula is C31H31ClF2N2O3S. The van der Waals surface area contributed by atoms with Crippen molar-refractivity contribution < 1.29 is 23.0 Å². The van der Waals surface area contributed by atoms with Gasteiger partial charge in [0.1, 0.15) is 28.0 Å². The van der Waals surface area contributed by atoms with Crippen LogP contribution in [0.5, 0.6) is 11.5 Å². The second kappa shape index (κ2) is 12.1. The third kappa shape index (κ3) is 5.53. The van der Waals surface area contributed by atoms with Crippen molar-refractivity contribution in [3.05, 3.63) is 81.7 Å². The van der Waals surface area contributed by atoms with Crippen LogP contribution in [0.4, 0.5) is 8.78 Å². The Bertz CT molecular complexity index is 1530. The van der Waals surface area contributed by atoms with Crippen molar-refractivity contribution in [2.24, 2.45) is 0 Å². The number of thiophene rings is 1. The zero-order valence-corrected chi connectivity index (χ0v) is 24.2. The van der Waals surface area contributed by atoms with Crippen LogP contribution in [-0.2, 0) is 6.54 Å². The number of benzene rings is 3. The molecule has 0 unspecified atom stereocenters. The Kier molecular flexibility index (Phi) is 8.59. The summed E-state index contributed by atoms with van der Waals surface area (Å²) in [6, 6.07) is 16.0. The highest BCUT2D eigenvalue weighted by atomic mass is 35.5. The lowest BCUT2D eigenvalue weighted by Gasteiger charge is -2.37. The predicted octanol–water partition coefficient (Wildman–Crippen LogP) is 7.69. The lowest BCUT2D eigenvalue weighted by Crippen LogP contribution is -2.44. The standard InChI is InChI=1S/C31H31ClF2N2O3S/c1-35-21-8-10-22(11-9-21)36(31(37)30-28(32)27-24(33)12-13-25(34)29(27)40-30)17-20-15-19(7-14-26(20)39-3)18-5-4-6-23(16-18)38-2/h4-7,12-16,21-22,35H,8-11,17H2,1-3H3/t21-,22+. The first kappa shape index (κ1) is 28.3. The third-order valence-electron chi connectivity index (χ3n) is 7.71. The van der Waals surface area contributed by atoms with Gasteiger partial charge in [0.2, 0.25) is 0 Å². The van der Waals surface area contributed by atoms with Crippen LogP contribution in [0.15, 0.2) is 54.6 Å². The minimum atomic E-state index is -0.648. The van der Waals surface area contributed by atoms with Gasteiger partial charge in [-0.25, -0.2) is 8.78 Å². The summed E-state index contributed by atoms with van der Waals surface area (Å²) in [5.41, 5.74) is 2.74. The van der Waals surface area contributed by atoms with Gasteiger partial charge < -0.3 is 19.7 Å². The van der Waals surface area contributed by atoms with Gasteiger partial charge >= 0.3 is 0 Å². The van der Waals surface area contributed by atoms with E-state index in [1.54, 1.807) is 19.1 Å². The Labute approximate surface area is 241 Å². The number of hydrogen-bond acceptors (Lipinski definition) is 5. The highest BCUT2D eigenvalue weighted by molar-refractivity contribution is 7.21. The smallest absolute Gasteiger partial charge is 0.266 e. The average Bonchev–Trinajstić information content (AvgIpc) is 3.35. The molecule has 210 valence electrons. The fourth-order valence-corrected chi connectivity index (χ4v) is 6.98. The van der Waals surface area contributed by atoms with E-state index in [4.69, 9.17) is 21.1 Å². The van der Waals surface area contributed by atoms with E-state index < -0.39 is 11.6 Å². The molecule has 0 aliphatic heterocycles. The Balaban J connectivity index is 1.56. The molecule has 0 spiro atoms. The average molecular weight is 585 g/mol. The van der Waals surface area contributed by atoms with Crippen LogP contribution in [0.2, 0.25) is 5.02 Å². The maximum Gasteiger partial charge on any atom is 0.266 e. The second-order valence-corrected chi connectivity index (χ2v) is 11.4. The van der Waals surface area contributed by atoms with Crippen LogP contribution in [0.3, 0.4) is 0 Å². The van der Waals surface area contributed by atoms with Gasteiger partial charge in [-0.15, -0.1) is 11.3 Å². The largest absolute Gasteiger partial charge is 0.497 e. The fourth-order valence-electron chi connectivity index (χ4n) is 5.48. The monoisotopic (exact) mass is 584 g/mol. The van der Waals surface area contributed by atoms with Crippen molar-refractivity contribution in [1.29, 1.82) is 0 Å². The van der Waals surface area contributed by atoms with Crippen LogP contribution in [0, 0.1) is 11.6 Å². The molecule has 0 bridgehead atoms. The van der Waals surface area contributed by atoms with E-state index in [0.29, 0.717) is 11.8 Å². The van der Waals surface area contributed by atoms with Crippen LogP contribution < -0.4 is 14.8 Å². The molecule has 3 aromatic carbocycles. The molecule has 9 heteroatoms. The minimum Gasteiger partial charge on any atom is -0.497 e. The second-order valence-electron chi connectivity index (χ2n) is 9.96. The summed E-state index contributed by atoms with van der Waals surface area (Å²) in [6.07, 6.45) is 3.41. The van der Waals surface area contributed by atoms with Crippen molar-refractivity contribution in [3.63, 3.8) is 0 Å². The normalized spacial score (nSPS) is 17.1. The van der Waals surface area contributed by atoms with Crippen molar-refractivity contribution in [2.45, 2.75) is 44.3 Å². The molecule has 0 saturated heterocycles. The molecule has 1 saturated carbocycles. The molecule has 5 rings (SSSR count). The van der Waals surface area contributed by atoms with Crippen LogP contribution in [-0.4, -0.2) is 44.2 Å². The van der Waals surface area contributed by atoms with E-state index in [2.05, 4.69) is 5.32 Å². The number of carbonyl (C=O) groups excluding carboxylic acids is 1. The number of ether oxygens (including phenoxy) is 2. The van der Waals surface area contributed by atoms with Crippen molar-refractivity contribution in [2.75, 3.05) is 21.3 Å². The first-order valence-electron chi connectivity index (χ1n) is 13.2. The lowest BCUT2D eigenvalue weighted by atomic mass is 9.89. The summed E-state index contributed by atoms with van der Waals surface area (Å²) >= 11 is 7.46. The van der Waals surface area contributed by atoms with Crippen LogP contribution in [0.25, 0.3) is 21.2 Å². The zero-order chi connectivity index (χ0) is 28.4. The van der Waals surface area contributed by atoms with Gasteiger partial charge in [0, 0.05) is 24.2 Å². The highest BCUT2D eigenvalue weighted by Crippen LogP contribution is 2.40. The van der Waals surface area contributed by atoms with Gasteiger partial charge in [0.05, 0.1) is 29.3 Å². The van der Waals surface area contributed by atoms with Gasteiger partial charge in [-0.05, 0) is 80.3 Å². The molecule has 1 fully saturated rings. The number of hydrogen-bond donors (Lipinski definition) is 1. The summed E-state index contributed by atoms with van der Waals surface area (Å²) < 4.78 is 40.4. The van der Waals surface area contributed by atoms with E-state index >= 15 is 0 Å². The quantitative estimate of drug-likeness (QED) is 0.231. The highest BCUT2D eigenvalue weighted by Gasteiger charge is 2.33. The van der Waals surface area contributed by atoms with E-state index in [1.807, 2.05) is 49.5 Å². The zero-order valence-electron chi connectivity index (χ0n) is 22.6. The minimum absolute atomic E-state index is 0.0461. The molecule has 1 aliphatic rings. The summed E-state index contributed by atoms with van der Waals surface area (Å²) in [4.78, 5) is 16.1. The molecule has 1 N–H and O–H groups in total. The first-order chi connectivity index (χ1) is 19.3. The molecule has 1 aliphatic carbocycles. The molecule has 1 amide bonds. The summed E-state index contributed by atoms with van der Waals surface area (Å²) in [5.74, 6) is -0.201. The van der Waals surface area contributed by atoms with Gasteiger partial charge in [-0.1, -0.05) is 29.8 Å². The molecule has 4 aromatic rings. The molecule has 1 heterocycles. The SMILES string of the molecule is CN[C@H]1CC[C@@H](N(Cc2cc(-c3cccc(OC)c3)ccc2OC)C(=O)c2sc3c(F)ccc(F)c3c2Cl)CC1. The Morgan fingerprint density at radius 3 is 2.40 bits per heavy atom. The molecular weight excluding hydrogens is 554 g/mol. The molecule has 40 heavy (non-hydrogen) atoms. The molecule has 5 nitrogen and oxygen atoms in total. The number of rotatable bonds is 8. The van der Waals surface area contributed by atoms with Crippen LogP contribution in [0.1, 0.15) is 40.9 Å². The summed E-state index contributed by atoms with van der Waals surface area (Å²) in [5, 5.41) is 3.23. The fraction of sp³-hybridized carbons (Fsp3) is 0.323.